The molecule has 0 aromatic heterocycles. The van der Waals surface area contributed by atoms with Gasteiger partial charge in [0.25, 0.3) is 0 Å². The summed E-state index contributed by atoms with van der Waals surface area (Å²) in [6, 6.07) is 12.4. The van der Waals surface area contributed by atoms with Gasteiger partial charge in [-0.2, -0.15) is 0 Å². The number of aryl methyl sites for hydroxylation is 2. The normalized spacial score (nSPS) is 10.1. The predicted octanol–water partition coefficient (Wildman–Crippen LogP) is 3.79. The number of carbonyl (C=O) groups is 2. The Hall–Kier alpha value is -2.33. The Morgan fingerprint density at radius 1 is 1.05 bits per heavy atom. The highest BCUT2D eigenvalue weighted by molar-refractivity contribution is 6.44. The van der Waals surface area contributed by atoms with Crippen molar-refractivity contribution in [3.63, 3.8) is 0 Å². The molecule has 4 nitrogen and oxygen atoms in total. The van der Waals surface area contributed by atoms with E-state index < -0.39 is 11.8 Å². The summed E-state index contributed by atoms with van der Waals surface area (Å²) in [5, 5.41) is 5.70. The summed E-state index contributed by atoms with van der Waals surface area (Å²) < 4.78 is 0. The third kappa shape index (κ3) is 3.86. The van der Waals surface area contributed by atoms with Crippen molar-refractivity contribution in [3.05, 3.63) is 58.6 Å². The minimum absolute atomic E-state index is 0.480. The second kappa shape index (κ2) is 7.09. The van der Waals surface area contributed by atoms with Crippen molar-refractivity contribution in [2.24, 2.45) is 0 Å². The van der Waals surface area contributed by atoms with E-state index in [0.717, 1.165) is 17.5 Å². The largest absolute Gasteiger partial charge is 0.318 e. The lowest BCUT2D eigenvalue weighted by atomic mass is 10.1. The van der Waals surface area contributed by atoms with E-state index >= 15 is 0 Å². The highest BCUT2D eigenvalue weighted by Gasteiger charge is 2.16. The highest BCUT2D eigenvalue weighted by atomic mass is 35.5. The standard InChI is InChI=1S/C17H17ClN2O2/c1-3-12-7-4-6-11(2)15(12)20-17(22)16(21)19-14-9-5-8-13(18)10-14/h4-10H,3H2,1-2H3,(H,19,21)(H,20,22). The first-order chi connectivity index (χ1) is 10.5. The van der Waals surface area contributed by atoms with Gasteiger partial charge in [0, 0.05) is 16.4 Å². The molecule has 2 aromatic rings. The summed E-state index contributed by atoms with van der Waals surface area (Å²) in [5.74, 6) is -1.43. The fraction of sp³-hybridized carbons (Fsp3) is 0.176. The minimum atomic E-state index is -0.729. The van der Waals surface area contributed by atoms with Gasteiger partial charge in [-0.1, -0.05) is 42.8 Å². The fourth-order valence-corrected chi connectivity index (χ4v) is 2.32. The van der Waals surface area contributed by atoms with Crippen molar-refractivity contribution in [3.8, 4) is 0 Å². The molecule has 0 aliphatic carbocycles. The number of hydrogen-bond donors (Lipinski definition) is 2. The van der Waals surface area contributed by atoms with Crippen LogP contribution in [0.25, 0.3) is 0 Å². The Balaban J connectivity index is 2.11. The molecule has 0 fully saturated rings. The van der Waals surface area contributed by atoms with Crippen molar-refractivity contribution in [2.75, 3.05) is 10.6 Å². The number of benzene rings is 2. The van der Waals surface area contributed by atoms with E-state index in [1.165, 1.54) is 0 Å². The average molecular weight is 317 g/mol. The Morgan fingerprint density at radius 3 is 2.41 bits per heavy atom. The first-order valence-corrected chi connectivity index (χ1v) is 7.35. The minimum Gasteiger partial charge on any atom is -0.318 e. The maximum Gasteiger partial charge on any atom is 0.314 e. The van der Waals surface area contributed by atoms with E-state index in [1.54, 1.807) is 24.3 Å². The van der Waals surface area contributed by atoms with Gasteiger partial charge in [0.15, 0.2) is 0 Å². The fourth-order valence-electron chi connectivity index (χ4n) is 2.13. The number of anilines is 2. The van der Waals surface area contributed by atoms with Crippen LogP contribution in [0.3, 0.4) is 0 Å². The number of rotatable bonds is 3. The molecule has 5 heteroatoms. The maximum atomic E-state index is 12.1. The molecule has 0 saturated heterocycles. The van der Waals surface area contributed by atoms with E-state index in [9.17, 15) is 9.59 Å². The van der Waals surface area contributed by atoms with Gasteiger partial charge >= 0.3 is 11.8 Å². The van der Waals surface area contributed by atoms with E-state index in [-0.39, 0.29) is 0 Å². The molecule has 0 saturated carbocycles. The highest BCUT2D eigenvalue weighted by Crippen LogP contribution is 2.21. The van der Waals surface area contributed by atoms with Crippen LogP contribution in [0.4, 0.5) is 11.4 Å². The molecule has 22 heavy (non-hydrogen) atoms. The summed E-state index contributed by atoms with van der Waals surface area (Å²) in [7, 11) is 0. The van der Waals surface area contributed by atoms with E-state index in [2.05, 4.69) is 10.6 Å². The molecular weight excluding hydrogens is 300 g/mol. The summed E-state index contributed by atoms with van der Waals surface area (Å²) in [5.41, 5.74) is 3.08. The lowest BCUT2D eigenvalue weighted by molar-refractivity contribution is -0.133. The predicted molar refractivity (Wildman–Crippen MR) is 89.3 cm³/mol. The van der Waals surface area contributed by atoms with Crippen LogP contribution in [0.5, 0.6) is 0 Å². The number of carbonyl (C=O) groups excluding carboxylic acids is 2. The summed E-state index contributed by atoms with van der Waals surface area (Å²) in [4.78, 5) is 24.0. The van der Waals surface area contributed by atoms with Crippen LogP contribution in [0.2, 0.25) is 5.02 Å². The summed E-state index contributed by atoms with van der Waals surface area (Å²) >= 11 is 5.85. The third-order valence-electron chi connectivity index (χ3n) is 3.27. The number of halogens is 1. The topological polar surface area (TPSA) is 58.2 Å². The van der Waals surface area contributed by atoms with Crippen LogP contribution in [-0.2, 0) is 16.0 Å². The van der Waals surface area contributed by atoms with Crippen LogP contribution in [-0.4, -0.2) is 11.8 Å². The average Bonchev–Trinajstić information content (AvgIpc) is 2.49. The van der Waals surface area contributed by atoms with Crippen LogP contribution in [0.1, 0.15) is 18.1 Å². The number of hydrogen-bond acceptors (Lipinski definition) is 2. The van der Waals surface area contributed by atoms with Crippen LogP contribution >= 0.6 is 11.6 Å². The molecule has 0 unspecified atom stereocenters. The molecular formula is C17H17ClN2O2. The SMILES string of the molecule is CCc1cccc(C)c1NC(=O)C(=O)Nc1cccc(Cl)c1. The van der Waals surface area contributed by atoms with Crippen LogP contribution < -0.4 is 10.6 Å². The summed E-state index contributed by atoms with van der Waals surface area (Å²) in [6.07, 6.45) is 0.771. The van der Waals surface area contributed by atoms with Gasteiger partial charge in [-0.3, -0.25) is 9.59 Å². The van der Waals surface area contributed by atoms with Gasteiger partial charge in [0.05, 0.1) is 0 Å². The smallest absolute Gasteiger partial charge is 0.314 e. The number of para-hydroxylation sites is 1. The van der Waals surface area contributed by atoms with Gasteiger partial charge in [-0.25, -0.2) is 0 Å². The third-order valence-corrected chi connectivity index (χ3v) is 3.50. The Morgan fingerprint density at radius 2 is 1.73 bits per heavy atom. The molecule has 0 bridgehead atoms. The van der Waals surface area contributed by atoms with Crippen molar-refractivity contribution in [1.29, 1.82) is 0 Å². The first-order valence-electron chi connectivity index (χ1n) is 6.97. The van der Waals surface area contributed by atoms with Gasteiger partial charge in [0.1, 0.15) is 0 Å². The molecule has 0 heterocycles. The molecule has 2 N–H and O–H groups in total. The Bertz CT molecular complexity index is 714. The van der Waals surface area contributed by atoms with E-state index in [4.69, 9.17) is 11.6 Å². The molecule has 2 amide bonds. The molecule has 2 aromatic carbocycles. The second-order valence-electron chi connectivity index (χ2n) is 4.88. The van der Waals surface area contributed by atoms with Crippen LogP contribution in [0, 0.1) is 6.92 Å². The monoisotopic (exact) mass is 316 g/mol. The molecule has 2 rings (SSSR count). The van der Waals surface area contributed by atoms with Gasteiger partial charge < -0.3 is 10.6 Å². The molecule has 0 spiro atoms. The second-order valence-corrected chi connectivity index (χ2v) is 5.32. The Labute approximate surface area is 134 Å². The molecule has 0 aliphatic heterocycles. The quantitative estimate of drug-likeness (QED) is 0.846. The molecule has 0 aliphatic rings. The van der Waals surface area contributed by atoms with Gasteiger partial charge in [0.2, 0.25) is 0 Å². The van der Waals surface area contributed by atoms with Crippen molar-refractivity contribution in [1.82, 2.24) is 0 Å². The molecule has 114 valence electrons. The first kappa shape index (κ1) is 16.0. The van der Waals surface area contributed by atoms with Crippen molar-refractivity contribution >= 4 is 34.8 Å². The lowest BCUT2D eigenvalue weighted by Gasteiger charge is -2.12. The van der Waals surface area contributed by atoms with E-state index in [0.29, 0.717) is 16.4 Å². The number of amides is 2. The zero-order chi connectivity index (χ0) is 16.1. The lowest BCUT2D eigenvalue weighted by Crippen LogP contribution is -2.29. The summed E-state index contributed by atoms with van der Waals surface area (Å²) in [6.45, 7) is 3.89. The van der Waals surface area contributed by atoms with Gasteiger partial charge in [-0.05, 0) is 42.7 Å². The van der Waals surface area contributed by atoms with Crippen molar-refractivity contribution < 1.29 is 9.59 Å². The number of nitrogens with one attached hydrogen (secondary N) is 2. The Kier molecular flexibility index (Phi) is 5.17. The zero-order valence-electron chi connectivity index (χ0n) is 12.4. The molecule has 0 atom stereocenters. The van der Waals surface area contributed by atoms with E-state index in [1.807, 2.05) is 32.0 Å². The van der Waals surface area contributed by atoms with Gasteiger partial charge in [-0.15, -0.1) is 0 Å². The zero-order valence-corrected chi connectivity index (χ0v) is 13.2. The maximum absolute atomic E-state index is 12.1. The molecule has 0 radical (unpaired) electrons. The van der Waals surface area contributed by atoms with Crippen LogP contribution in [0.15, 0.2) is 42.5 Å². The van der Waals surface area contributed by atoms with Crippen molar-refractivity contribution in [2.45, 2.75) is 20.3 Å².